The maximum absolute atomic E-state index is 12.0. The Hall–Kier alpha value is -1.64. The van der Waals surface area contributed by atoms with Crippen LogP contribution in [0.1, 0.15) is 39.9 Å². The molecule has 3 nitrogen and oxygen atoms in total. The number of hydrogen-bond donors (Lipinski definition) is 1. The van der Waals surface area contributed by atoms with Gasteiger partial charge >= 0.3 is 0 Å². The Kier molecular flexibility index (Phi) is 2.06. The average Bonchev–Trinajstić information content (AvgIpc) is 2.66. The summed E-state index contributed by atoms with van der Waals surface area (Å²) in [7, 11) is 0. The van der Waals surface area contributed by atoms with Crippen LogP contribution in [0, 0.1) is 0 Å². The van der Waals surface area contributed by atoms with Crippen molar-refractivity contribution in [1.82, 2.24) is 0 Å². The van der Waals surface area contributed by atoms with Crippen molar-refractivity contribution in [2.75, 3.05) is 0 Å². The smallest absolute Gasteiger partial charge is 0.211 e. The van der Waals surface area contributed by atoms with Gasteiger partial charge in [-0.05, 0) is 42.4 Å². The Morgan fingerprint density at radius 1 is 1.12 bits per heavy atom. The monoisotopic (exact) mass is 215 g/mol. The van der Waals surface area contributed by atoms with E-state index in [4.69, 9.17) is 5.21 Å². The summed E-state index contributed by atoms with van der Waals surface area (Å²) in [5, 5.41) is 11.9. The molecule has 0 radical (unpaired) electrons. The molecule has 0 saturated carbocycles. The summed E-state index contributed by atoms with van der Waals surface area (Å²) in [5.74, 6) is -0.0729. The molecule has 0 unspecified atom stereocenters. The second-order valence-corrected chi connectivity index (χ2v) is 4.50. The average molecular weight is 215 g/mol. The molecule has 0 aliphatic heterocycles. The molecular formula is C13H13NO2. The van der Waals surface area contributed by atoms with E-state index in [1.165, 1.54) is 17.5 Å². The molecule has 0 heterocycles. The van der Waals surface area contributed by atoms with Gasteiger partial charge in [-0.2, -0.15) is 0 Å². The third-order valence-electron chi connectivity index (χ3n) is 3.59. The summed E-state index contributed by atoms with van der Waals surface area (Å²) in [6, 6.07) is 4.14. The normalized spacial score (nSPS) is 21.0. The Morgan fingerprint density at radius 3 is 2.69 bits per heavy atom. The number of aryl methyl sites for hydroxylation is 1. The Labute approximate surface area is 93.8 Å². The lowest BCUT2D eigenvalue weighted by atomic mass is 9.86. The van der Waals surface area contributed by atoms with Gasteiger partial charge in [0.25, 0.3) is 0 Å². The van der Waals surface area contributed by atoms with Crippen molar-refractivity contribution in [3.8, 4) is 0 Å². The molecule has 0 atom stereocenters. The molecule has 0 fully saturated rings. The van der Waals surface area contributed by atoms with Gasteiger partial charge < -0.3 is 5.21 Å². The number of nitrogens with zero attached hydrogens (tertiary/aromatic N) is 1. The van der Waals surface area contributed by atoms with Crippen LogP contribution < -0.4 is 0 Å². The van der Waals surface area contributed by atoms with Gasteiger partial charge in [-0.15, -0.1) is 0 Å². The SMILES string of the molecule is O=C1C(=NO)Cc2ccc3c(c21)CCCC3. The highest BCUT2D eigenvalue weighted by Crippen LogP contribution is 2.31. The van der Waals surface area contributed by atoms with Crippen LogP contribution >= 0.6 is 0 Å². The lowest BCUT2D eigenvalue weighted by Crippen LogP contribution is -2.12. The van der Waals surface area contributed by atoms with Crippen molar-refractivity contribution in [1.29, 1.82) is 0 Å². The number of carbonyl (C=O) groups is 1. The number of benzene rings is 1. The second kappa shape index (κ2) is 3.44. The van der Waals surface area contributed by atoms with Crippen molar-refractivity contribution in [3.05, 3.63) is 34.4 Å². The molecule has 0 amide bonds. The standard InChI is InChI=1S/C13H13NO2/c15-13-11(14-16)7-9-6-5-8-3-1-2-4-10(8)12(9)13/h5-6,16H,1-4,7H2. The fourth-order valence-corrected chi connectivity index (χ4v) is 2.79. The topological polar surface area (TPSA) is 49.7 Å². The van der Waals surface area contributed by atoms with Gasteiger partial charge in [0.2, 0.25) is 5.78 Å². The zero-order valence-corrected chi connectivity index (χ0v) is 8.99. The highest BCUT2D eigenvalue weighted by atomic mass is 16.4. The zero-order chi connectivity index (χ0) is 11.1. The molecule has 1 N–H and O–H groups in total. The van der Waals surface area contributed by atoms with Gasteiger partial charge in [-0.25, -0.2) is 0 Å². The van der Waals surface area contributed by atoms with Crippen LogP contribution in [-0.4, -0.2) is 16.7 Å². The molecule has 0 aromatic heterocycles. The molecule has 2 aliphatic carbocycles. The third-order valence-corrected chi connectivity index (χ3v) is 3.59. The van der Waals surface area contributed by atoms with Gasteiger partial charge in [-0.3, -0.25) is 4.79 Å². The highest BCUT2D eigenvalue weighted by Gasteiger charge is 2.31. The Bertz CT molecular complexity index is 503. The maximum Gasteiger partial charge on any atom is 0.211 e. The molecule has 3 heteroatoms. The largest absolute Gasteiger partial charge is 0.411 e. The molecule has 2 aliphatic rings. The summed E-state index contributed by atoms with van der Waals surface area (Å²) in [4.78, 5) is 12.0. The number of ketones is 1. The highest BCUT2D eigenvalue weighted by molar-refractivity contribution is 6.49. The molecule has 16 heavy (non-hydrogen) atoms. The molecule has 0 spiro atoms. The summed E-state index contributed by atoms with van der Waals surface area (Å²) >= 11 is 0. The molecule has 82 valence electrons. The first-order valence-corrected chi connectivity index (χ1v) is 5.70. The van der Waals surface area contributed by atoms with E-state index in [0.29, 0.717) is 6.42 Å². The van der Waals surface area contributed by atoms with E-state index >= 15 is 0 Å². The summed E-state index contributed by atoms with van der Waals surface area (Å²) < 4.78 is 0. The Morgan fingerprint density at radius 2 is 1.88 bits per heavy atom. The minimum Gasteiger partial charge on any atom is -0.411 e. The number of hydrogen-bond acceptors (Lipinski definition) is 3. The van der Waals surface area contributed by atoms with Gasteiger partial charge in [0.1, 0.15) is 5.71 Å². The number of carbonyl (C=O) groups excluding carboxylic acids is 1. The molecular weight excluding hydrogens is 202 g/mol. The zero-order valence-electron chi connectivity index (χ0n) is 8.99. The van der Waals surface area contributed by atoms with Crippen LogP contribution in [0.25, 0.3) is 0 Å². The van der Waals surface area contributed by atoms with Crippen LogP contribution in [0.15, 0.2) is 17.3 Å². The first kappa shape index (κ1) is 9.58. The van der Waals surface area contributed by atoms with Crippen molar-refractivity contribution >= 4 is 11.5 Å². The van der Waals surface area contributed by atoms with Crippen LogP contribution in [0.5, 0.6) is 0 Å². The fraction of sp³-hybridized carbons (Fsp3) is 0.385. The van der Waals surface area contributed by atoms with E-state index in [2.05, 4.69) is 11.2 Å². The number of fused-ring (bicyclic) bond motifs is 3. The third kappa shape index (κ3) is 1.21. The first-order chi connectivity index (χ1) is 7.81. The van der Waals surface area contributed by atoms with E-state index in [9.17, 15) is 4.79 Å². The summed E-state index contributed by atoms with van der Waals surface area (Å²) in [5.41, 5.74) is 4.64. The molecule has 1 aromatic carbocycles. The first-order valence-electron chi connectivity index (χ1n) is 5.70. The van der Waals surface area contributed by atoms with Gasteiger partial charge in [-0.1, -0.05) is 17.3 Å². The van der Waals surface area contributed by atoms with Crippen LogP contribution in [0.3, 0.4) is 0 Å². The van der Waals surface area contributed by atoms with Crippen LogP contribution in [-0.2, 0) is 19.3 Å². The van der Waals surface area contributed by atoms with Gasteiger partial charge in [0.15, 0.2) is 0 Å². The number of oxime groups is 1. The van der Waals surface area contributed by atoms with E-state index < -0.39 is 0 Å². The van der Waals surface area contributed by atoms with Crippen molar-refractivity contribution < 1.29 is 10.0 Å². The van der Waals surface area contributed by atoms with Crippen molar-refractivity contribution in [2.45, 2.75) is 32.1 Å². The van der Waals surface area contributed by atoms with Crippen LogP contribution in [0.2, 0.25) is 0 Å². The van der Waals surface area contributed by atoms with Crippen molar-refractivity contribution in [3.63, 3.8) is 0 Å². The quantitative estimate of drug-likeness (QED) is 0.532. The van der Waals surface area contributed by atoms with Crippen molar-refractivity contribution in [2.24, 2.45) is 5.16 Å². The molecule has 0 saturated heterocycles. The van der Waals surface area contributed by atoms with E-state index in [-0.39, 0.29) is 11.5 Å². The van der Waals surface area contributed by atoms with E-state index in [0.717, 1.165) is 30.4 Å². The summed E-state index contributed by atoms with van der Waals surface area (Å²) in [6.07, 6.45) is 4.91. The minimum atomic E-state index is -0.0729. The second-order valence-electron chi connectivity index (χ2n) is 4.50. The number of Topliss-reactive ketones (excluding diaryl/α,β-unsaturated/α-hetero) is 1. The molecule has 3 rings (SSSR count). The summed E-state index contributed by atoms with van der Waals surface area (Å²) in [6.45, 7) is 0. The Balaban J connectivity index is 2.20. The van der Waals surface area contributed by atoms with E-state index in [1.807, 2.05) is 6.07 Å². The van der Waals surface area contributed by atoms with Crippen LogP contribution in [0.4, 0.5) is 0 Å². The lowest BCUT2D eigenvalue weighted by molar-refractivity contribution is 0.106. The molecule has 0 bridgehead atoms. The van der Waals surface area contributed by atoms with Gasteiger partial charge in [0, 0.05) is 12.0 Å². The maximum atomic E-state index is 12.0. The van der Waals surface area contributed by atoms with E-state index in [1.54, 1.807) is 0 Å². The predicted octanol–water partition coefficient (Wildman–Crippen LogP) is 2.13. The van der Waals surface area contributed by atoms with Gasteiger partial charge in [0.05, 0.1) is 0 Å². The fourth-order valence-electron chi connectivity index (χ4n) is 2.79. The predicted molar refractivity (Wildman–Crippen MR) is 60.3 cm³/mol. The molecule has 1 aromatic rings. The lowest BCUT2D eigenvalue weighted by Gasteiger charge is -2.18. The minimum absolute atomic E-state index is 0.0729. The number of rotatable bonds is 0.